The highest BCUT2D eigenvalue weighted by Gasteiger charge is 2.37. The number of nitrogens with one attached hydrogen (secondary N) is 1. The van der Waals surface area contributed by atoms with Gasteiger partial charge in [-0.15, -0.1) is 0 Å². The van der Waals surface area contributed by atoms with E-state index in [2.05, 4.69) is 5.32 Å². The third kappa shape index (κ3) is 3.67. The zero-order valence-corrected chi connectivity index (χ0v) is 13.0. The lowest BCUT2D eigenvalue weighted by Gasteiger charge is -2.20. The number of hydrogen-bond donors (Lipinski definition) is 2. The Labute approximate surface area is 133 Å². The van der Waals surface area contributed by atoms with Crippen LogP contribution in [0.1, 0.15) is 20.3 Å². The molecule has 0 saturated carbocycles. The molecule has 1 aromatic rings. The molecule has 1 heterocycles. The number of amides is 2. The van der Waals surface area contributed by atoms with Crippen molar-refractivity contribution in [3.05, 3.63) is 30.1 Å². The number of carbonyl (C=O) groups is 3. The predicted octanol–water partition coefficient (Wildman–Crippen LogP) is 1.40. The van der Waals surface area contributed by atoms with Gasteiger partial charge < -0.3 is 15.3 Å². The maximum absolute atomic E-state index is 13.8. The molecule has 0 bridgehead atoms. The Morgan fingerprint density at radius 1 is 1.35 bits per heavy atom. The van der Waals surface area contributed by atoms with E-state index in [0.29, 0.717) is 0 Å². The molecule has 2 amide bonds. The van der Waals surface area contributed by atoms with Crippen LogP contribution in [0.25, 0.3) is 0 Å². The van der Waals surface area contributed by atoms with Gasteiger partial charge in [0.05, 0.1) is 17.5 Å². The molecule has 1 aliphatic heterocycles. The number of aliphatic carboxylic acids is 1. The summed E-state index contributed by atoms with van der Waals surface area (Å²) < 4.78 is 13.8. The smallest absolute Gasteiger partial charge is 0.308 e. The minimum Gasteiger partial charge on any atom is -0.481 e. The first-order valence-electron chi connectivity index (χ1n) is 7.39. The lowest BCUT2D eigenvalue weighted by Crippen LogP contribution is -2.43. The van der Waals surface area contributed by atoms with E-state index < -0.39 is 35.6 Å². The van der Waals surface area contributed by atoms with Crippen LogP contribution >= 0.6 is 0 Å². The third-order valence-corrected chi connectivity index (χ3v) is 4.15. The highest BCUT2D eigenvalue weighted by Crippen LogP contribution is 2.27. The molecule has 6 nitrogen and oxygen atoms in total. The fraction of sp³-hybridized carbons (Fsp3) is 0.438. The molecule has 1 aliphatic rings. The van der Waals surface area contributed by atoms with Crippen LogP contribution in [0.15, 0.2) is 24.3 Å². The number of carboxylic acids is 1. The molecule has 1 saturated heterocycles. The average molecular weight is 322 g/mol. The second kappa shape index (κ2) is 6.76. The molecule has 3 unspecified atom stereocenters. The van der Waals surface area contributed by atoms with Gasteiger partial charge in [0.2, 0.25) is 11.8 Å². The molecule has 2 N–H and O–H groups in total. The van der Waals surface area contributed by atoms with E-state index in [0.717, 1.165) is 0 Å². The molecule has 1 fully saturated rings. The van der Waals surface area contributed by atoms with Crippen LogP contribution in [0.2, 0.25) is 0 Å². The van der Waals surface area contributed by atoms with E-state index >= 15 is 0 Å². The molecular weight excluding hydrogens is 303 g/mol. The molecule has 124 valence electrons. The van der Waals surface area contributed by atoms with Crippen molar-refractivity contribution in [3.8, 4) is 0 Å². The molecule has 2 rings (SSSR count). The van der Waals surface area contributed by atoms with Crippen molar-refractivity contribution in [1.82, 2.24) is 5.32 Å². The van der Waals surface area contributed by atoms with E-state index in [1.54, 1.807) is 13.0 Å². The van der Waals surface area contributed by atoms with Gasteiger partial charge in [-0.1, -0.05) is 12.1 Å². The predicted molar refractivity (Wildman–Crippen MR) is 81.3 cm³/mol. The van der Waals surface area contributed by atoms with Gasteiger partial charge in [0.25, 0.3) is 0 Å². The highest BCUT2D eigenvalue weighted by atomic mass is 19.1. The second-order valence-electron chi connectivity index (χ2n) is 5.78. The van der Waals surface area contributed by atoms with Gasteiger partial charge in [0.1, 0.15) is 5.82 Å². The summed E-state index contributed by atoms with van der Waals surface area (Å²) in [6.07, 6.45) is -0.0195. The number of nitrogens with zero attached hydrogens (tertiary/aromatic N) is 1. The van der Waals surface area contributed by atoms with Gasteiger partial charge in [-0.25, -0.2) is 4.39 Å². The summed E-state index contributed by atoms with van der Waals surface area (Å²) in [4.78, 5) is 36.4. The number of para-hydroxylation sites is 1. The largest absolute Gasteiger partial charge is 0.481 e. The minimum absolute atomic E-state index is 0.0195. The van der Waals surface area contributed by atoms with Crippen LogP contribution in [0.3, 0.4) is 0 Å². The maximum atomic E-state index is 13.8. The van der Waals surface area contributed by atoms with E-state index in [9.17, 15) is 18.8 Å². The Morgan fingerprint density at radius 3 is 2.61 bits per heavy atom. The Balaban J connectivity index is 2.04. The average Bonchev–Trinajstić information content (AvgIpc) is 2.88. The fourth-order valence-electron chi connectivity index (χ4n) is 2.47. The van der Waals surface area contributed by atoms with E-state index in [-0.39, 0.29) is 24.6 Å². The molecule has 3 atom stereocenters. The summed E-state index contributed by atoms with van der Waals surface area (Å²) in [6, 6.07) is 5.33. The minimum atomic E-state index is -1.01. The highest BCUT2D eigenvalue weighted by molar-refractivity contribution is 6.00. The normalized spacial score (nSPS) is 20.2. The Morgan fingerprint density at radius 2 is 2.00 bits per heavy atom. The number of halogens is 1. The summed E-state index contributed by atoms with van der Waals surface area (Å²) in [6.45, 7) is 3.18. The van der Waals surface area contributed by atoms with Crippen molar-refractivity contribution in [1.29, 1.82) is 0 Å². The van der Waals surface area contributed by atoms with Crippen molar-refractivity contribution in [2.45, 2.75) is 26.3 Å². The molecule has 0 radical (unpaired) electrons. The molecule has 7 heteroatoms. The topological polar surface area (TPSA) is 86.7 Å². The molecule has 0 spiro atoms. The van der Waals surface area contributed by atoms with Crippen molar-refractivity contribution in [2.75, 3.05) is 11.4 Å². The van der Waals surface area contributed by atoms with Gasteiger partial charge in [-0.05, 0) is 26.0 Å². The van der Waals surface area contributed by atoms with Gasteiger partial charge in [-0.2, -0.15) is 0 Å². The van der Waals surface area contributed by atoms with Crippen molar-refractivity contribution >= 4 is 23.5 Å². The molecule has 23 heavy (non-hydrogen) atoms. The van der Waals surface area contributed by atoms with Crippen LogP contribution in [-0.2, 0) is 14.4 Å². The Bertz CT molecular complexity index is 634. The van der Waals surface area contributed by atoms with Crippen LogP contribution in [0.5, 0.6) is 0 Å². The zero-order chi connectivity index (χ0) is 17.1. The van der Waals surface area contributed by atoms with Crippen LogP contribution in [0, 0.1) is 17.7 Å². The Hall–Kier alpha value is -2.44. The lowest BCUT2D eigenvalue weighted by molar-refractivity contribution is -0.142. The second-order valence-corrected chi connectivity index (χ2v) is 5.78. The number of anilines is 1. The first-order chi connectivity index (χ1) is 10.8. The molecular formula is C16H19FN2O4. The van der Waals surface area contributed by atoms with Crippen LogP contribution in [-0.4, -0.2) is 35.5 Å². The quantitative estimate of drug-likeness (QED) is 0.858. The number of hydrogen-bond acceptors (Lipinski definition) is 3. The number of rotatable bonds is 5. The summed E-state index contributed by atoms with van der Waals surface area (Å²) >= 11 is 0. The summed E-state index contributed by atoms with van der Waals surface area (Å²) in [5.74, 6) is -3.60. The van der Waals surface area contributed by atoms with E-state index in [1.807, 2.05) is 0 Å². The lowest BCUT2D eigenvalue weighted by atomic mass is 10.0. The van der Waals surface area contributed by atoms with Crippen LogP contribution < -0.4 is 10.2 Å². The molecule has 0 aromatic heterocycles. The SMILES string of the molecule is CC(NC(=O)C1CC(=O)N(c2ccccc2F)C1)C(C)C(=O)O. The van der Waals surface area contributed by atoms with Crippen molar-refractivity contribution < 1.29 is 23.9 Å². The van der Waals surface area contributed by atoms with E-state index in [1.165, 1.54) is 30.0 Å². The third-order valence-electron chi connectivity index (χ3n) is 4.15. The Kier molecular flexibility index (Phi) is 4.98. The first kappa shape index (κ1) is 16.9. The fourth-order valence-corrected chi connectivity index (χ4v) is 2.47. The standard InChI is InChI=1S/C16H19FN2O4/c1-9(16(22)23)10(2)18-15(21)11-7-14(20)19(8-11)13-6-4-3-5-12(13)17/h3-6,9-11H,7-8H2,1-2H3,(H,18,21)(H,22,23). The number of benzene rings is 1. The van der Waals surface area contributed by atoms with Crippen molar-refractivity contribution in [2.24, 2.45) is 11.8 Å². The van der Waals surface area contributed by atoms with Gasteiger partial charge in [-0.3, -0.25) is 14.4 Å². The number of carboxylic acid groups (broad SMARTS) is 1. The molecule has 1 aromatic carbocycles. The van der Waals surface area contributed by atoms with E-state index in [4.69, 9.17) is 5.11 Å². The summed E-state index contributed by atoms with van der Waals surface area (Å²) in [7, 11) is 0. The summed E-state index contributed by atoms with van der Waals surface area (Å²) in [5, 5.41) is 11.6. The maximum Gasteiger partial charge on any atom is 0.308 e. The van der Waals surface area contributed by atoms with Gasteiger partial charge >= 0.3 is 5.97 Å². The van der Waals surface area contributed by atoms with Crippen LogP contribution in [0.4, 0.5) is 10.1 Å². The summed E-state index contributed by atoms with van der Waals surface area (Å²) in [5.41, 5.74) is 0.153. The molecule has 0 aliphatic carbocycles. The monoisotopic (exact) mass is 322 g/mol. The van der Waals surface area contributed by atoms with Gasteiger partial charge in [0.15, 0.2) is 0 Å². The number of carbonyl (C=O) groups excluding carboxylic acids is 2. The van der Waals surface area contributed by atoms with Crippen molar-refractivity contribution in [3.63, 3.8) is 0 Å². The van der Waals surface area contributed by atoms with Gasteiger partial charge in [0, 0.05) is 19.0 Å². The first-order valence-corrected chi connectivity index (χ1v) is 7.39. The zero-order valence-electron chi connectivity index (χ0n) is 13.0.